The maximum Gasteiger partial charge on any atom is 0.239 e. The summed E-state index contributed by atoms with van der Waals surface area (Å²) in [4.78, 5) is 11.6. The third kappa shape index (κ3) is 4.88. The Bertz CT molecular complexity index is 420. The lowest BCUT2D eigenvalue weighted by Gasteiger charge is -2.13. The highest BCUT2D eigenvalue weighted by Crippen LogP contribution is 2.08. The lowest BCUT2D eigenvalue weighted by Crippen LogP contribution is -2.36. The van der Waals surface area contributed by atoms with Gasteiger partial charge in [0.25, 0.3) is 0 Å². The topological polar surface area (TPSA) is 64.9 Å². The average molecular weight is 245 g/mol. The van der Waals surface area contributed by atoms with Gasteiger partial charge in [-0.2, -0.15) is 5.26 Å². The van der Waals surface area contributed by atoms with Crippen LogP contribution in [0.25, 0.3) is 0 Å². The highest BCUT2D eigenvalue weighted by molar-refractivity contribution is 5.80. The number of nitrogens with zero attached hydrogens (tertiary/aromatic N) is 1. The molecular formula is C14H19N3O. The van der Waals surface area contributed by atoms with Crippen molar-refractivity contribution in [2.24, 2.45) is 0 Å². The molecule has 1 amide bonds. The van der Waals surface area contributed by atoms with Crippen LogP contribution in [0.1, 0.15) is 32.3 Å². The first kappa shape index (κ1) is 14.0. The van der Waals surface area contributed by atoms with Crippen molar-refractivity contribution in [1.82, 2.24) is 5.32 Å². The minimum Gasteiger partial charge on any atom is -0.376 e. The van der Waals surface area contributed by atoms with Crippen molar-refractivity contribution in [2.75, 3.05) is 11.9 Å². The molecule has 0 bridgehead atoms. The van der Waals surface area contributed by atoms with E-state index in [1.165, 1.54) is 0 Å². The molecule has 1 unspecified atom stereocenters. The van der Waals surface area contributed by atoms with Gasteiger partial charge in [-0.15, -0.1) is 0 Å². The van der Waals surface area contributed by atoms with E-state index in [1.54, 1.807) is 24.3 Å². The van der Waals surface area contributed by atoms with Crippen molar-refractivity contribution in [2.45, 2.75) is 32.7 Å². The van der Waals surface area contributed by atoms with Gasteiger partial charge in [0.15, 0.2) is 0 Å². The summed E-state index contributed by atoms with van der Waals surface area (Å²) in [6, 6.07) is 9.30. The number of benzene rings is 1. The van der Waals surface area contributed by atoms with Gasteiger partial charge in [0.2, 0.25) is 5.91 Å². The molecule has 1 atom stereocenters. The van der Waals surface area contributed by atoms with Crippen LogP contribution in [0.5, 0.6) is 0 Å². The Hall–Kier alpha value is -2.02. The zero-order chi connectivity index (χ0) is 13.4. The van der Waals surface area contributed by atoms with Gasteiger partial charge >= 0.3 is 0 Å². The highest BCUT2D eigenvalue weighted by atomic mass is 16.1. The van der Waals surface area contributed by atoms with Crippen LogP contribution in [0, 0.1) is 11.3 Å². The molecule has 0 radical (unpaired) electrons. The predicted molar refractivity (Wildman–Crippen MR) is 72.2 cm³/mol. The van der Waals surface area contributed by atoms with Crippen LogP contribution < -0.4 is 10.6 Å². The number of rotatable bonds is 6. The first-order valence-electron chi connectivity index (χ1n) is 6.19. The number of amides is 1. The number of nitriles is 1. The van der Waals surface area contributed by atoms with Crippen LogP contribution in [0.2, 0.25) is 0 Å². The van der Waals surface area contributed by atoms with Crippen molar-refractivity contribution >= 4 is 11.6 Å². The van der Waals surface area contributed by atoms with Gasteiger partial charge in [0.05, 0.1) is 18.2 Å². The van der Waals surface area contributed by atoms with Crippen LogP contribution in [-0.4, -0.2) is 18.5 Å². The van der Waals surface area contributed by atoms with E-state index in [1.807, 2.05) is 6.92 Å². The van der Waals surface area contributed by atoms with E-state index in [4.69, 9.17) is 5.26 Å². The fourth-order valence-corrected chi connectivity index (χ4v) is 1.68. The molecule has 18 heavy (non-hydrogen) atoms. The molecule has 0 aliphatic rings. The fraction of sp³-hybridized carbons (Fsp3) is 0.429. The molecule has 0 saturated heterocycles. The summed E-state index contributed by atoms with van der Waals surface area (Å²) >= 11 is 0. The van der Waals surface area contributed by atoms with E-state index < -0.39 is 0 Å². The van der Waals surface area contributed by atoms with E-state index in [2.05, 4.69) is 23.6 Å². The molecule has 0 fully saturated rings. The third-order valence-corrected chi connectivity index (χ3v) is 2.60. The molecule has 0 heterocycles. The van der Waals surface area contributed by atoms with E-state index in [0.29, 0.717) is 5.56 Å². The second-order valence-electron chi connectivity index (χ2n) is 4.30. The zero-order valence-corrected chi connectivity index (χ0v) is 10.9. The number of carbonyl (C=O) groups excluding carboxylic acids is 1. The quantitative estimate of drug-likeness (QED) is 0.808. The van der Waals surface area contributed by atoms with E-state index in [9.17, 15) is 4.79 Å². The smallest absolute Gasteiger partial charge is 0.239 e. The molecule has 4 nitrogen and oxygen atoms in total. The van der Waals surface area contributed by atoms with Crippen LogP contribution >= 0.6 is 0 Å². The van der Waals surface area contributed by atoms with Gasteiger partial charge in [0.1, 0.15) is 0 Å². The minimum absolute atomic E-state index is 0.0136. The second-order valence-corrected chi connectivity index (χ2v) is 4.30. The molecule has 96 valence electrons. The molecule has 1 aromatic rings. The van der Waals surface area contributed by atoms with Crippen molar-refractivity contribution in [1.29, 1.82) is 5.26 Å². The summed E-state index contributed by atoms with van der Waals surface area (Å²) in [7, 11) is 0. The van der Waals surface area contributed by atoms with Gasteiger partial charge in [-0.3, -0.25) is 4.79 Å². The summed E-state index contributed by atoms with van der Waals surface area (Å²) in [6.45, 7) is 4.35. The maximum atomic E-state index is 11.6. The number of anilines is 1. The molecule has 1 rings (SSSR count). The van der Waals surface area contributed by atoms with Crippen LogP contribution in [0.4, 0.5) is 5.69 Å². The van der Waals surface area contributed by atoms with Crippen LogP contribution in [0.3, 0.4) is 0 Å². The lowest BCUT2D eigenvalue weighted by atomic mass is 10.2. The highest BCUT2D eigenvalue weighted by Gasteiger charge is 2.05. The van der Waals surface area contributed by atoms with Gasteiger partial charge in [-0.1, -0.05) is 13.3 Å². The second kappa shape index (κ2) is 7.33. The molecule has 4 heteroatoms. The Labute approximate surface area is 108 Å². The summed E-state index contributed by atoms with van der Waals surface area (Å²) in [5.41, 5.74) is 1.45. The third-order valence-electron chi connectivity index (χ3n) is 2.60. The molecule has 0 aliphatic carbocycles. The number of hydrogen-bond acceptors (Lipinski definition) is 3. The average Bonchev–Trinajstić information content (AvgIpc) is 2.37. The van der Waals surface area contributed by atoms with E-state index in [-0.39, 0.29) is 18.5 Å². The monoisotopic (exact) mass is 245 g/mol. The lowest BCUT2D eigenvalue weighted by molar-refractivity contribution is -0.120. The van der Waals surface area contributed by atoms with Crippen molar-refractivity contribution < 1.29 is 4.79 Å². The molecule has 2 N–H and O–H groups in total. The van der Waals surface area contributed by atoms with Crippen molar-refractivity contribution in [3.8, 4) is 6.07 Å². The fourth-order valence-electron chi connectivity index (χ4n) is 1.68. The Kier molecular flexibility index (Phi) is 5.72. The first-order valence-corrected chi connectivity index (χ1v) is 6.19. The summed E-state index contributed by atoms with van der Waals surface area (Å²) in [5, 5.41) is 14.6. The molecule has 0 aliphatic heterocycles. The Morgan fingerprint density at radius 1 is 1.39 bits per heavy atom. The van der Waals surface area contributed by atoms with E-state index in [0.717, 1.165) is 18.5 Å². The summed E-state index contributed by atoms with van der Waals surface area (Å²) in [6.07, 6.45) is 2.05. The molecule has 0 spiro atoms. The maximum absolute atomic E-state index is 11.6. The number of carbonyl (C=O) groups is 1. The van der Waals surface area contributed by atoms with Crippen molar-refractivity contribution in [3.05, 3.63) is 29.8 Å². The largest absolute Gasteiger partial charge is 0.376 e. The zero-order valence-electron chi connectivity index (χ0n) is 10.9. The van der Waals surface area contributed by atoms with Gasteiger partial charge in [0, 0.05) is 11.7 Å². The Morgan fingerprint density at radius 3 is 2.61 bits per heavy atom. The normalized spacial score (nSPS) is 11.4. The molecular weight excluding hydrogens is 226 g/mol. The molecule has 0 aromatic heterocycles. The number of nitrogens with one attached hydrogen (secondary N) is 2. The standard InChI is InChI=1S/C14H19N3O/c1-3-4-11(2)17-14(18)10-16-13-7-5-12(9-15)6-8-13/h5-8,11,16H,3-4,10H2,1-2H3,(H,17,18). The minimum atomic E-state index is -0.0136. The molecule has 1 aromatic carbocycles. The van der Waals surface area contributed by atoms with Gasteiger partial charge in [-0.05, 0) is 37.6 Å². The SMILES string of the molecule is CCCC(C)NC(=O)CNc1ccc(C#N)cc1. The van der Waals surface area contributed by atoms with Crippen molar-refractivity contribution in [3.63, 3.8) is 0 Å². The summed E-state index contributed by atoms with van der Waals surface area (Å²) in [5.74, 6) is -0.0136. The first-order chi connectivity index (χ1) is 8.65. The molecule has 0 saturated carbocycles. The number of hydrogen-bond donors (Lipinski definition) is 2. The van der Waals surface area contributed by atoms with Gasteiger partial charge < -0.3 is 10.6 Å². The van der Waals surface area contributed by atoms with Gasteiger partial charge in [-0.25, -0.2) is 0 Å². The summed E-state index contributed by atoms with van der Waals surface area (Å²) < 4.78 is 0. The predicted octanol–water partition coefficient (Wildman–Crippen LogP) is 2.27. The Balaban J connectivity index is 2.35. The van der Waals surface area contributed by atoms with Crippen LogP contribution in [0.15, 0.2) is 24.3 Å². The van der Waals surface area contributed by atoms with Crippen LogP contribution in [-0.2, 0) is 4.79 Å². The Morgan fingerprint density at radius 2 is 2.06 bits per heavy atom. The van der Waals surface area contributed by atoms with E-state index >= 15 is 0 Å².